The van der Waals surface area contributed by atoms with Gasteiger partial charge in [0.2, 0.25) is 11.5 Å². The predicted molar refractivity (Wildman–Crippen MR) is 168 cm³/mol. The summed E-state index contributed by atoms with van der Waals surface area (Å²) in [5.41, 5.74) is 0.686. The molecule has 2 aromatic rings. The molecule has 0 spiro atoms. The van der Waals surface area contributed by atoms with Crippen molar-refractivity contribution in [3.8, 4) is 34.5 Å². The maximum Gasteiger partial charge on any atom is 0.314 e. The number of amides is 4. The van der Waals surface area contributed by atoms with Crippen molar-refractivity contribution in [3.63, 3.8) is 0 Å². The Kier molecular flexibility index (Phi) is 13.3. The molecule has 0 radical (unpaired) electrons. The average Bonchev–Trinajstić information content (AvgIpc) is 3.07. The lowest BCUT2D eigenvalue weighted by atomic mass is 9.91. The molecular formula is C32H46N4O9. The molecule has 0 aliphatic carbocycles. The molecule has 3 N–H and O–H groups in total. The Morgan fingerprint density at radius 1 is 0.756 bits per heavy atom. The fourth-order valence-corrected chi connectivity index (χ4v) is 5.33. The molecule has 0 saturated carbocycles. The molecule has 13 nitrogen and oxygen atoms in total. The monoisotopic (exact) mass is 630 g/mol. The standard InChI is InChI=1S/C32H46N4O9/c1-8-9-10-12-33-32(39)34-18-22-19-36(31(38)21-16-26(42-4)29(45-7)27(17-21)43-5)13-11-23(22)35-30(37)20-14-24(40-2)28(44-6)25(15-20)41-3/h14-17,22-23H,8-13,18-19H2,1-7H3,(H,35,37)(H2,33,34,39)/t22-,23+/m0/s1. The molecule has 2 atom stereocenters. The summed E-state index contributed by atoms with van der Waals surface area (Å²) in [4.78, 5) is 41.5. The highest BCUT2D eigenvalue weighted by atomic mass is 16.5. The molecule has 248 valence electrons. The number of rotatable bonds is 15. The van der Waals surface area contributed by atoms with Gasteiger partial charge in [0.15, 0.2) is 23.0 Å². The summed E-state index contributed by atoms with van der Waals surface area (Å²) in [6.45, 7) is 3.55. The molecule has 3 rings (SSSR count). The van der Waals surface area contributed by atoms with Crippen LogP contribution in [0.3, 0.4) is 0 Å². The van der Waals surface area contributed by atoms with E-state index in [9.17, 15) is 14.4 Å². The SMILES string of the molecule is CCCCCNC(=O)NC[C@H]1CN(C(=O)c2cc(OC)c(OC)c(OC)c2)CC[C@H]1NC(=O)c1cc(OC)c(OC)c(OC)c1. The smallest absolute Gasteiger partial charge is 0.314 e. The van der Waals surface area contributed by atoms with Crippen molar-refractivity contribution in [1.29, 1.82) is 0 Å². The van der Waals surface area contributed by atoms with Crippen molar-refractivity contribution in [2.45, 2.75) is 38.6 Å². The number of benzene rings is 2. The zero-order chi connectivity index (χ0) is 32.9. The minimum Gasteiger partial charge on any atom is -0.493 e. The van der Waals surface area contributed by atoms with Crippen LogP contribution in [0.5, 0.6) is 34.5 Å². The molecule has 0 bridgehead atoms. The van der Waals surface area contributed by atoms with E-state index in [1.54, 1.807) is 29.2 Å². The molecule has 1 saturated heterocycles. The highest BCUT2D eigenvalue weighted by Gasteiger charge is 2.34. The van der Waals surface area contributed by atoms with Crippen LogP contribution in [0.15, 0.2) is 24.3 Å². The van der Waals surface area contributed by atoms with Crippen molar-refractivity contribution in [3.05, 3.63) is 35.4 Å². The lowest BCUT2D eigenvalue weighted by Crippen LogP contribution is -2.56. The van der Waals surface area contributed by atoms with Crippen LogP contribution in [0, 0.1) is 5.92 Å². The van der Waals surface area contributed by atoms with Gasteiger partial charge in [-0.25, -0.2) is 4.79 Å². The van der Waals surface area contributed by atoms with E-state index in [0.29, 0.717) is 65.1 Å². The third kappa shape index (κ3) is 8.77. The van der Waals surface area contributed by atoms with E-state index in [2.05, 4.69) is 22.9 Å². The summed E-state index contributed by atoms with van der Waals surface area (Å²) in [5, 5.41) is 8.90. The number of methoxy groups -OCH3 is 6. The van der Waals surface area contributed by atoms with Crippen LogP contribution in [-0.2, 0) is 0 Å². The van der Waals surface area contributed by atoms with Crippen LogP contribution in [0.25, 0.3) is 0 Å². The highest BCUT2D eigenvalue weighted by Crippen LogP contribution is 2.39. The van der Waals surface area contributed by atoms with Crippen molar-refractivity contribution in [2.24, 2.45) is 5.92 Å². The van der Waals surface area contributed by atoms with Crippen LogP contribution in [0.2, 0.25) is 0 Å². The summed E-state index contributed by atoms with van der Waals surface area (Å²) >= 11 is 0. The molecule has 0 unspecified atom stereocenters. The molecule has 1 aliphatic heterocycles. The van der Waals surface area contributed by atoms with Crippen LogP contribution >= 0.6 is 0 Å². The Bertz CT molecular complexity index is 1270. The number of nitrogens with one attached hydrogen (secondary N) is 3. The van der Waals surface area contributed by atoms with Gasteiger partial charge in [-0.1, -0.05) is 19.8 Å². The van der Waals surface area contributed by atoms with Gasteiger partial charge in [0.05, 0.1) is 42.7 Å². The number of urea groups is 1. The van der Waals surface area contributed by atoms with E-state index in [1.165, 1.54) is 42.7 Å². The molecule has 0 aromatic heterocycles. The van der Waals surface area contributed by atoms with E-state index < -0.39 is 0 Å². The summed E-state index contributed by atoms with van der Waals surface area (Å²) in [6, 6.07) is 5.74. The normalized spacial score (nSPS) is 15.8. The van der Waals surface area contributed by atoms with E-state index in [1.807, 2.05) is 0 Å². The number of carbonyl (C=O) groups is 3. The van der Waals surface area contributed by atoms with Gasteiger partial charge in [-0.15, -0.1) is 0 Å². The lowest BCUT2D eigenvalue weighted by molar-refractivity contribution is 0.0619. The topological polar surface area (TPSA) is 146 Å². The molecule has 2 aromatic carbocycles. The summed E-state index contributed by atoms with van der Waals surface area (Å²) < 4.78 is 32.5. The number of hydrogen-bond acceptors (Lipinski definition) is 9. The van der Waals surface area contributed by atoms with Crippen LogP contribution in [-0.4, -0.2) is 97.6 Å². The molecule has 13 heteroatoms. The number of carbonyl (C=O) groups excluding carboxylic acids is 3. The van der Waals surface area contributed by atoms with Gasteiger partial charge >= 0.3 is 6.03 Å². The van der Waals surface area contributed by atoms with Gasteiger partial charge in [-0.2, -0.15) is 0 Å². The first-order valence-electron chi connectivity index (χ1n) is 15.0. The second kappa shape index (κ2) is 17.1. The zero-order valence-electron chi connectivity index (χ0n) is 27.2. The lowest BCUT2D eigenvalue weighted by Gasteiger charge is -2.39. The van der Waals surface area contributed by atoms with E-state index in [-0.39, 0.29) is 42.9 Å². The maximum absolute atomic E-state index is 13.7. The summed E-state index contributed by atoms with van der Waals surface area (Å²) in [6.07, 6.45) is 3.42. The van der Waals surface area contributed by atoms with Crippen molar-refractivity contribution in [1.82, 2.24) is 20.9 Å². The van der Waals surface area contributed by atoms with E-state index >= 15 is 0 Å². The van der Waals surface area contributed by atoms with Crippen molar-refractivity contribution in [2.75, 3.05) is 68.8 Å². The number of ether oxygens (including phenoxy) is 6. The minimum absolute atomic E-state index is 0.235. The van der Waals surface area contributed by atoms with Crippen LogP contribution in [0.1, 0.15) is 53.3 Å². The van der Waals surface area contributed by atoms with Gasteiger partial charge in [0, 0.05) is 49.3 Å². The average molecular weight is 631 g/mol. The maximum atomic E-state index is 13.7. The largest absolute Gasteiger partial charge is 0.493 e. The number of nitrogens with zero attached hydrogens (tertiary/aromatic N) is 1. The highest BCUT2D eigenvalue weighted by molar-refractivity contribution is 5.97. The zero-order valence-corrected chi connectivity index (χ0v) is 27.2. The van der Waals surface area contributed by atoms with E-state index in [0.717, 1.165) is 19.3 Å². The Morgan fingerprint density at radius 3 is 1.78 bits per heavy atom. The van der Waals surface area contributed by atoms with Crippen LogP contribution in [0.4, 0.5) is 4.79 Å². The third-order valence-corrected chi connectivity index (χ3v) is 7.77. The predicted octanol–water partition coefficient (Wildman–Crippen LogP) is 3.49. The Morgan fingerprint density at radius 2 is 1.29 bits per heavy atom. The van der Waals surface area contributed by atoms with E-state index in [4.69, 9.17) is 28.4 Å². The fourth-order valence-electron chi connectivity index (χ4n) is 5.33. The third-order valence-electron chi connectivity index (χ3n) is 7.77. The molecule has 1 fully saturated rings. The van der Waals surface area contributed by atoms with Crippen molar-refractivity contribution >= 4 is 17.8 Å². The second-order valence-corrected chi connectivity index (χ2v) is 10.6. The molecule has 4 amide bonds. The molecule has 1 heterocycles. The van der Waals surface area contributed by atoms with Crippen LogP contribution < -0.4 is 44.4 Å². The molecule has 1 aliphatic rings. The second-order valence-electron chi connectivity index (χ2n) is 10.6. The number of hydrogen-bond donors (Lipinski definition) is 3. The Hall–Kier alpha value is -4.55. The fraction of sp³-hybridized carbons (Fsp3) is 0.531. The first-order valence-corrected chi connectivity index (χ1v) is 15.0. The minimum atomic E-state index is -0.349. The summed E-state index contributed by atoms with van der Waals surface area (Å²) in [7, 11) is 8.93. The number of likely N-dealkylation sites (tertiary alicyclic amines) is 1. The number of unbranched alkanes of at least 4 members (excludes halogenated alkanes) is 2. The quantitative estimate of drug-likeness (QED) is 0.252. The first-order chi connectivity index (χ1) is 21.7. The van der Waals surface area contributed by atoms with Gasteiger partial charge in [-0.3, -0.25) is 9.59 Å². The first kappa shape index (κ1) is 34.9. The van der Waals surface area contributed by atoms with Gasteiger partial charge in [0.1, 0.15) is 0 Å². The Labute approximate surface area is 264 Å². The summed E-state index contributed by atoms with van der Waals surface area (Å²) in [5.74, 6) is 1.32. The van der Waals surface area contributed by atoms with Crippen molar-refractivity contribution < 1.29 is 42.8 Å². The Balaban J connectivity index is 1.83. The van der Waals surface area contributed by atoms with Gasteiger partial charge in [0.25, 0.3) is 11.8 Å². The molecule has 45 heavy (non-hydrogen) atoms. The number of piperidine rings is 1. The van der Waals surface area contributed by atoms with Gasteiger partial charge in [-0.05, 0) is 37.1 Å². The van der Waals surface area contributed by atoms with Gasteiger partial charge < -0.3 is 49.3 Å². The molecular weight excluding hydrogens is 584 g/mol.